The summed E-state index contributed by atoms with van der Waals surface area (Å²) in [7, 11) is 0. The van der Waals surface area contributed by atoms with Gasteiger partial charge in [-0.3, -0.25) is 4.90 Å². The Kier molecular flexibility index (Phi) is 6.14. The summed E-state index contributed by atoms with van der Waals surface area (Å²) in [6.07, 6.45) is -0.382. The van der Waals surface area contributed by atoms with Crippen molar-refractivity contribution in [2.45, 2.75) is 33.3 Å². The highest BCUT2D eigenvalue weighted by molar-refractivity contribution is 6.03. The van der Waals surface area contributed by atoms with Gasteiger partial charge in [0.2, 0.25) is 0 Å². The highest BCUT2D eigenvalue weighted by Gasteiger charge is 2.36. The van der Waals surface area contributed by atoms with E-state index in [2.05, 4.69) is 13.0 Å². The quantitative estimate of drug-likeness (QED) is 0.580. The molecule has 5 nitrogen and oxygen atoms in total. The lowest BCUT2D eigenvalue weighted by molar-refractivity contribution is 0.140. The Morgan fingerprint density at radius 2 is 1.94 bits per heavy atom. The number of fused-ring (bicyclic) bond motifs is 3. The van der Waals surface area contributed by atoms with Gasteiger partial charge in [-0.2, -0.15) is 0 Å². The molecule has 3 aromatic carbocycles. The lowest BCUT2D eigenvalue weighted by Crippen LogP contribution is -2.31. The molecule has 1 amide bonds. The van der Waals surface area contributed by atoms with E-state index in [-0.39, 0.29) is 24.5 Å². The van der Waals surface area contributed by atoms with Gasteiger partial charge in [0.05, 0.1) is 18.9 Å². The number of aliphatic hydroxyl groups excluding tert-OH is 1. The molecule has 3 aromatic rings. The predicted molar refractivity (Wildman–Crippen MR) is 123 cm³/mol. The molecule has 1 aliphatic rings. The third kappa shape index (κ3) is 4.23. The zero-order valence-corrected chi connectivity index (χ0v) is 18.3. The Balaban J connectivity index is 1.78. The Labute approximate surface area is 183 Å². The van der Waals surface area contributed by atoms with Crippen LogP contribution in [0.2, 0.25) is 0 Å². The normalized spacial score (nSPS) is 15.4. The van der Waals surface area contributed by atoms with Crippen molar-refractivity contribution in [3.05, 3.63) is 71.3 Å². The summed E-state index contributed by atoms with van der Waals surface area (Å²) in [5.41, 5.74) is 3.92. The predicted octanol–water partition coefficient (Wildman–Crippen LogP) is 5.42. The molecule has 0 saturated carbocycles. The Morgan fingerprint density at radius 3 is 2.65 bits per heavy atom. The van der Waals surface area contributed by atoms with Gasteiger partial charge >= 0.3 is 6.09 Å². The van der Waals surface area contributed by atoms with Crippen LogP contribution in [0.4, 0.5) is 10.5 Å². The van der Waals surface area contributed by atoms with Crippen molar-refractivity contribution in [2.24, 2.45) is 5.92 Å². The molecule has 5 heteroatoms. The maximum absolute atomic E-state index is 12.9. The molecule has 1 atom stereocenters. The minimum atomic E-state index is -0.382. The molecule has 0 radical (unpaired) electrons. The summed E-state index contributed by atoms with van der Waals surface area (Å²) in [6, 6.07) is 18.0. The van der Waals surface area contributed by atoms with Crippen LogP contribution >= 0.6 is 0 Å². The number of benzene rings is 3. The lowest BCUT2D eigenvalue weighted by Gasteiger charge is -2.20. The van der Waals surface area contributed by atoms with Crippen molar-refractivity contribution in [3.63, 3.8) is 0 Å². The second-order valence-electron chi connectivity index (χ2n) is 8.54. The molecule has 1 N–H and O–H groups in total. The van der Waals surface area contributed by atoms with Crippen molar-refractivity contribution in [1.29, 1.82) is 0 Å². The van der Waals surface area contributed by atoms with Gasteiger partial charge in [-0.05, 0) is 34.9 Å². The standard InChI is InChI=1S/C26H29NO4/c1-17(2)15-31-26(29)27-13-20(14-28)25-22(27)12-23(21-11-7-8-18(3)24(21)25)30-16-19-9-5-4-6-10-19/h4-12,17,20,28H,13-16H2,1-3H3/t20-/m0/s1. The Hall–Kier alpha value is -3.05. The third-order valence-corrected chi connectivity index (χ3v) is 5.67. The number of amides is 1. The fourth-order valence-electron chi connectivity index (χ4n) is 4.18. The maximum Gasteiger partial charge on any atom is 0.414 e. The first-order valence-corrected chi connectivity index (χ1v) is 10.8. The van der Waals surface area contributed by atoms with Crippen LogP contribution in [-0.2, 0) is 11.3 Å². The molecular formula is C26H29NO4. The molecule has 0 unspecified atom stereocenters. The average Bonchev–Trinajstić information content (AvgIpc) is 3.15. The van der Waals surface area contributed by atoms with Gasteiger partial charge in [0.25, 0.3) is 0 Å². The van der Waals surface area contributed by atoms with E-state index in [0.29, 0.717) is 19.8 Å². The number of anilines is 1. The number of aliphatic hydroxyl groups is 1. The van der Waals surface area contributed by atoms with E-state index < -0.39 is 0 Å². The fraction of sp³-hybridized carbons (Fsp3) is 0.346. The molecule has 0 saturated heterocycles. The zero-order chi connectivity index (χ0) is 22.0. The molecule has 0 aromatic heterocycles. The second-order valence-corrected chi connectivity index (χ2v) is 8.54. The summed E-state index contributed by atoms with van der Waals surface area (Å²) in [5, 5.41) is 12.1. The van der Waals surface area contributed by atoms with Crippen molar-refractivity contribution in [3.8, 4) is 5.75 Å². The minimum absolute atomic E-state index is 0.0331. The number of carbonyl (C=O) groups is 1. The molecule has 0 fully saturated rings. The maximum atomic E-state index is 12.9. The van der Waals surface area contributed by atoms with E-state index in [0.717, 1.165) is 38.9 Å². The van der Waals surface area contributed by atoms with Gasteiger partial charge in [-0.25, -0.2) is 4.79 Å². The smallest absolute Gasteiger partial charge is 0.414 e. The topological polar surface area (TPSA) is 59.0 Å². The van der Waals surface area contributed by atoms with Crippen LogP contribution in [0.25, 0.3) is 10.8 Å². The van der Waals surface area contributed by atoms with E-state index in [1.165, 1.54) is 0 Å². The van der Waals surface area contributed by atoms with E-state index >= 15 is 0 Å². The van der Waals surface area contributed by atoms with Crippen LogP contribution in [0.3, 0.4) is 0 Å². The molecule has 1 aliphatic heterocycles. The van der Waals surface area contributed by atoms with Crippen LogP contribution in [0.1, 0.15) is 36.5 Å². The minimum Gasteiger partial charge on any atom is -0.488 e. The first-order chi connectivity index (χ1) is 15.0. The largest absolute Gasteiger partial charge is 0.488 e. The average molecular weight is 420 g/mol. The van der Waals surface area contributed by atoms with Gasteiger partial charge in [-0.1, -0.05) is 62.4 Å². The van der Waals surface area contributed by atoms with E-state index in [9.17, 15) is 9.90 Å². The van der Waals surface area contributed by atoms with Gasteiger partial charge in [0, 0.05) is 23.9 Å². The summed E-state index contributed by atoms with van der Waals surface area (Å²) in [4.78, 5) is 14.5. The molecule has 0 aliphatic carbocycles. The van der Waals surface area contributed by atoms with E-state index in [1.54, 1.807) is 4.90 Å². The summed E-state index contributed by atoms with van der Waals surface area (Å²) in [5.74, 6) is 0.818. The Morgan fingerprint density at radius 1 is 1.16 bits per heavy atom. The number of hydrogen-bond acceptors (Lipinski definition) is 4. The highest BCUT2D eigenvalue weighted by atomic mass is 16.6. The Bertz CT molecular complexity index is 1080. The number of nitrogens with zero attached hydrogens (tertiary/aromatic N) is 1. The monoisotopic (exact) mass is 419 g/mol. The summed E-state index contributed by atoms with van der Waals surface area (Å²) in [6.45, 7) is 7.23. The van der Waals surface area contributed by atoms with Crippen LogP contribution in [0.5, 0.6) is 5.75 Å². The van der Waals surface area contributed by atoms with Crippen LogP contribution in [-0.4, -0.2) is 31.0 Å². The summed E-state index contributed by atoms with van der Waals surface area (Å²) >= 11 is 0. The van der Waals surface area contributed by atoms with Crippen molar-refractivity contribution < 1.29 is 19.4 Å². The van der Waals surface area contributed by atoms with Gasteiger partial charge in [0.15, 0.2) is 0 Å². The van der Waals surface area contributed by atoms with Gasteiger partial charge in [0.1, 0.15) is 12.4 Å². The second kappa shape index (κ2) is 8.98. The van der Waals surface area contributed by atoms with E-state index in [4.69, 9.17) is 9.47 Å². The first-order valence-electron chi connectivity index (χ1n) is 10.8. The van der Waals surface area contributed by atoms with E-state index in [1.807, 2.05) is 62.4 Å². The number of hydrogen-bond donors (Lipinski definition) is 1. The number of carbonyl (C=O) groups excluding carboxylic acids is 1. The lowest BCUT2D eigenvalue weighted by atomic mass is 9.92. The first kappa shape index (κ1) is 21.2. The molecular weight excluding hydrogens is 390 g/mol. The summed E-state index contributed by atoms with van der Waals surface area (Å²) < 4.78 is 11.8. The van der Waals surface area contributed by atoms with Crippen LogP contribution in [0.15, 0.2) is 54.6 Å². The third-order valence-electron chi connectivity index (χ3n) is 5.67. The molecule has 0 bridgehead atoms. The molecule has 1 heterocycles. The number of aryl methyl sites for hydroxylation is 1. The number of rotatable bonds is 6. The number of ether oxygens (including phenoxy) is 2. The SMILES string of the molecule is Cc1cccc2c(OCc3ccccc3)cc3c(c12)[C@H](CO)CN3C(=O)OCC(C)C. The van der Waals surface area contributed by atoms with Gasteiger partial charge in [-0.15, -0.1) is 0 Å². The van der Waals surface area contributed by atoms with Crippen molar-refractivity contribution >= 4 is 22.6 Å². The highest BCUT2D eigenvalue weighted by Crippen LogP contribution is 2.46. The van der Waals surface area contributed by atoms with Crippen molar-refractivity contribution in [1.82, 2.24) is 0 Å². The van der Waals surface area contributed by atoms with Crippen LogP contribution < -0.4 is 9.64 Å². The van der Waals surface area contributed by atoms with Crippen LogP contribution in [0, 0.1) is 12.8 Å². The fourth-order valence-corrected chi connectivity index (χ4v) is 4.18. The molecule has 31 heavy (non-hydrogen) atoms. The zero-order valence-electron chi connectivity index (χ0n) is 18.3. The van der Waals surface area contributed by atoms with Crippen molar-refractivity contribution in [2.75, 3.05) is 24.7 Å². The molecule has 0 spiro atoms. The molecule has 162 valence electrons. The van der Waals surface area contributed by atoms with Gasteiger partial charge < -0.3 is 14.6 Å². The molecule has 4 rings (SSSR count).